The SMILES string of the molecule is CC#CCN1c2c(n(C)c(=O)n(-c3ccnc4ccccc34)c2=O)N(C)C1Br. The maximum atomic E-state index is 13.5. The Hall–Kier alpha value is -3.05. The minimum atomic E-state index is -0.407. The van der Waals surface area contributed by atoms with Crippen LogP contribution in [0.5, 0.6) is 0 Å². The predicted octanol–water partition coefficient (Wildman–Crippen LogP) is 2.04. The third-order valence-corrected chi connectivity index (χ3v) is 6.01. The molecule has 0 aliphatic carbocycles. The number of pyridine rings is 1. The standard InChI is InChI=1S/C20H18BrN5O2/c1-4-5-12-25-16-17(23(2)19(25)21)24(3)20(28)26(18(16)27)15-10-11-22-14-9-7-6-8-13(14)15/h6-11,19H,12H2,1-3H3. The number of hydrogen-bond donors (Lipinski definition) is 0. The van der Waals surface area contributed by atoms with Crippen molar-refractivity contribution < 1.29 is 0 Å². The summed E-state index contributed by atoms with van der Waals surface area (Å²) in [5.41, 5.74) is 0.895. The molecule has 1 aliphatic heterocycles. The van der Waals surface area contributed by atoms with Crippen molar-refractivity contribution in [2.45, 2.75) is 12.0 Å². The van der Waals surface area contributed by atoms with Gasteiger partial charge < -0.3 is 9.80 Å². The number of halogens is 1. The first-order valence-electron chi connectivity index (χ1n) is 8.70. The number of nitrogens with zero attached hydrogens (tertiary/aromatic N) is 5. The van der Waals surface area contributed by atoms with E-state index in [1.54, 1.807) is 26.2 Å². The Balaban J connectivity index is 2.08. The molecule has 8 heteroatoms. The van der Waals surface area contributed by atoms with Crippen LogP contribution in [-0.2, 0) is 7.05 Å². The van der Waals surface area contributed by atoms with Gasteiger partial charge in [-0.15, -0.1) is 5.92 Å². The molecule has 3 aromatic rings. The minimum absolute atomic E-state index is 0.272. The summed E-state index contributed by atoms with van der Waals surface area (Å²) in [6.45, 7) is 2.13. The van der Waals surface area contributed by atoms with Crippen LogP contribution in [0.15, 0.2) is 46.1 Å². The number of aromatic nitrogens is 3. The Labute approximate surface area is 170 Å². The molecule has 3 heterocycles. The second-order valence-electron chi connectivity index (χ2n) is 6.48. The Kier molecular flexibility index (Phi) is 4.47. The van der Waals surface area contributed by atoms with E-state index in [4.69, 9.17) is 0 Å². The molecule has 0 amide bonds. The van der Waals surface area contributed by atoms with Crippen LogP contribution in [0.1, 0.15) is 6.92 Å². The molecule has 0 N–H and O–H groups in total. The van der Waals surface area contributed by atoms with Crippen molar-refractivity contribution in [2.24, 2.45) is 7.05 Å². The number of alkyl halides is 1. The Bertz CT molecular complexity index is 1260. The highest BCUT2D eigenvalue weighted by molar-refractivity contribution is 9.09. The zero-order valence-corrected chi connectivity index (χ0v) is 17.3. The average molecular weight is 440 g/mol. The fourth-order valence-electron chi connectivity index (χ4n) is 3.57. The summed E-state index contributed by atoms with van der Waals surface area (Å²) < 4.78 is 2.72. The number of para-hydroxylation sites is 1. The molecule has 0 saturated heterocycles. The van der Waals surface area contributed by atoms with Gasteiger partial charge >= 0.3 is 5.69 Å². The van der Waals surface area contributed by atoms with E-state index >= 15 is 0 Å². The van der Waals surface area contributed by atoms with Gasteiger partial charge in [-0.05, 0) is 35.0 Å². The number of hydrogen-bond acceptors (Lipinski definition) is 5. The number of fused-ring (bicyclic) bond motifs is 2. The second-order valence-corrected chi connectivity index (χ2v) is 7.30. The van der Waals surface area contributed by atoms with Crippen LogP contribution in [0, 0.1) is 11.8 Å². The van der Waals surface area contributed by atoms with Gasteiger partial charge in [-0.3, -0.25) is 14.3 Å². The summed E-state index contributed by atoms with van der Waals surface area (Å²) in [5.74, 6) is 6.43. The first-order valence-corrected chi connectivity index (χ1v) is 9.62. The van der Waals surface area contributed by atoms with E-state index in [2.05, 4.69) is 32.8 Å². The van der Waals surface area contributed by atoms with E-state index < -0.39 is 5.69 Å². The van der Waals surface area contributed by atoms with Crippen LogP contribution >= 0.6 is 15.9 Å². The van der Waals surface area contributed by atoms with Gasteiger partial charge in [0.2, 0.25) is 0 Å². The van der Waals surface area contributed by atoms with Crippen molar-refractivity contribution in [3.8, 4) is 17.5 Å². The Morgan fingerprint density at radius 3 is 2.68 bits per heavy atom. The smallest absolute Gasteiger partial charge is 0.329 e. The maximum absolute atomic E-state index is 13.5. The van der Waals surface area contributed by atoms with Gasteiger partial charge in [-0.2, -0.15) is 0 Å². The van der Waals surface area contributed by atoms with Crippen LogP contribution in [-0.4, -0.2) is 32.8 Å². The highest BCUT2D eigenvalue weighted by Gasteiger charge is 2.37. The second kappa shape index (κ2) is 6.84. The number of benzene rings is 1. The third kappa shape index (κ3) is 2.54. The first kappa shape index (κ1) is 18.3. The van der Waals surface area contributed by atoms with Crippen LogP contribution < -0.4 is 21.0 Å². The molecule has 0 fully saturated rings. The van der Waals surface area contributed by atoms with Gasteiger partial charge in [-0.1, -0.05) is 24.1 Å². The normalized spacial score (nSPS) is 15.5. The third-order valence-electron chi connectivity index (χ3n) is 4.90. The van der Waals surface area contributed by atoms with E-state index in [9.17, 15) is 9.59 Å². The molecule has 142 valence electrons. The molecule has 0 radical (unpaired) electrons. The molecular formula is C20H18BrN5O2. The van der Waals surface area contributed by atoms with Crippen molar-refractivity contribution in [1.82, 2.24) is 14.1 Å². The molecule has 0 spiro atoms. The molecule has 7 nitrogen and oxygen atoms in total. The van der Waals surface area contributed by atoms with E-state index in [0.29, 0.717) is 23.7 Å². The fraction of sp³-hybridized carbons (Fsp3) is 0.250. The van der Waals surface area contributed by atoms with Gasteiger partial charge in [-0.25, -0.2) is 9.36 Å². The molecule has 1 aliphatic rings. The quantitative estimate of drug-likeness (QED) is 0.347. The highest BCUT2D eigenvalue weighted by Crippen LogP contribution is 2.37. The topological polar surface area (TPSA) is 63.4 Å². The Morgan fingerprint density at radius 1 is 1.18 bits per heavy atom. The monoisotopic (exact) mass is 439 g/mol. The molecule has 0 saturated carbocycles. The largest absolute Gasteiger partial charge is 0.337 e. The summed E-state index contributed by atoms with van der Waals surface area (Å²) in [6.07, 6.45) is 1.61. The summed E-state index contributed by atoms with van der Waals surface area (Å²) in [4.78, 5) is 34.8. The number of rotatable bonds is 2. The van der Waals surface area contributed by atoms with Crippen LogP contribution in [0.2, 0.25) is 0 Å². The lowest BCUT2D eigenvalue weighted by Crippen LogP contribution is -2.40. The van der Waals surface area contributed by atoms with Crippen molar-refractivity contribution in [1.29, 1.82) is 0 Å². The lowest BCUT2D eigenvalue weighted by atomic mass is 10.2. The lowest BCUT2D eigenvalue weighted by molar-refractivity contribution is 0.738. The van der Waals surface area contributed by atoms with Gasteiger partial charge in [0.1, 0.15) is 11.5 Å². The molecule has 4 rings (SSSR count). The molecule has 1 aromatic carbocycles. The highest BCUT2D eigenvalue weighted by atomic mass is 79.9. The molecule has 28 heavy (non-hydrogen) atoms. The van der Waals surface area contributed by atoms with Crippen LogP contribution in [0.25, 0.3) is 16.6 Å². The summed E-state index contributed by atoms with van der Waals surface area (Å²) in [5, 5.41) is 0.470. The number of anilines is 2. The minimum Gasteiger partial charge on any atom is -0.329 e. The maximum Gasteiger partial charge on any atom is 0.337 e. The van der Waals surface area contributed by atoms with E-state index in [1.807, 2.05) is 41.1 Å². The van der Waals surface area contributed by atoms with E-state index in [1.165, 1.54) is 9.13 Å². The zero-order chi connectivity index (χ0) is 20.0. The Morgan fingerprint density at radius 2 is 1.93 bits per heavy atom. The average Bonchev–Trinajstić information content (AvgIpc) is 2.96. The molecule has 2 aromatic heterocycles. The van der Waals surface area contributed by atoms with Crippen molar-refractivity contribution in [3.63, 3.8) is 0 Å². The zero-order valence-electron chi connectivity index (χ0n) is 15.7. The molecule has 1 atom stereocenters. The summed E-state index contributed by atoms with van der Waals surface area (Å²) in [6, 6.07) is 9.14. The van der Waals surface area contributed by atoms with Gasteiger partial charge in [0.25, 0.3) is 5.56 Å². The lowest BCUT2D eigenvalue weighted by Gasteiger charge is -2.23. The van der Waals surface area contributed by atoms with Crippen LogP contribution in [0.4, 0.5) is 11.5 Å². The van der Waals surface area contributed by atoms with Gasteiger partial charge in [0.05, 0.1) is 17.7 Å². The van der Waals surface area contributed by atoms with Crippen molar-refractivity contribution >= 4 is 38.3 Å². The van der Waals surface area contributed by atoms with Gasteiger partial charge in [0, 0.05) is 25.7 Å². The summed E-state index contributed by atoms with van der Waals surface area (Å²) in [7, 11) is 3.51. The molecular weight excluding hydrogens is 422 g/mol. The summed E-state index contributed by atoms with van der Waals surface area (Å²) >= 11 is 3.61. The fourth-order valence-corrected chi connectivity index (χ4v) is 4.11. The van der Waals surface area contributed by atoms with Crippen LogP contribution in [0.3, 0.4) is 0 Å². The first-order chi connectivity index (χ1) is 13.5. The predicted molar refractivity (Wildman–Crippen MR) is 114 cm³/mol. The van der Waals surface area contributed by atoms with Gasteiger partial charge in [0.15, 0.2) is 5.08 Å². The molecule has 1 unspecified atom stereocenters. The van der Waals surface area contributed by atoms with Crippen molar-refractivity contribution in [3.05, 3.63) is 57.4 Å². The van der Waals surface area contributed by atoms with Crippen molar-refractivity contribution in [2.75, 3.05) is 23.4 Å². The molecule has 0 bridgehead atoms. The van der Waals surface area contributed by atoms with E-state index in [0.717, 1.165) is 10.9 Å². The van der Waals surface area contributed by atoms with E-state index in [-0.39, 0.29) is 10.6 Å².